The molecule has 0 unspecified atom stereocenters. The molecule has 0 aliphatic carbocycles. The van der Waals surface area contributed by atoms with Crippen molar-refractivity contribution in [1.82, 2.24) is 4.98 Å². The number of hydrogen-bond donors (Lipinski definition) is 0. The summed E-state index contributed by atoms with van der Waals surface area (Å²) in [4.78, 5) is 18.6. The molecular weight excluding hydrogens is 373 g/mol. The lowest BCUT2D eigenvalue weighted by Gasteiger charge is -2.31. The lowest BCUT2D eigenvalue weighted by Crippen LogP contribution is -2.37. The summed E-state index contributed by atoms with van der Waals surface area (Å²) in [7, 11) is 0. The third-order valence-electron chi connectivity index (χ3n) is 4.69. The van der Waals surface area contributed by atoms with Crippen molar-refractivity contribution >= 4 is 23.4 Å². The summed E-state index contributed by atoms with van der Waals surface area (Å²) in [5, 5.41) is 0.487. The zero-order chi connectivity index (χ0) is 19.6. The quantitative estimate of drug-likeness (QED) is 0.681. The molecule has 1 aromatic carbocycles. The minimum absolute atomic E-state index is 0.0426. The molecule has 1 aliphatic heterocycles. The lowest BCUT2D eigenvalue weighted by atomic mass is 9.98. The van der Waals surface area contributed by atoms with Gasteiger partial charge in [0.2, 0.25) is 5.91 Å². The molecule has 0 radical (unpaired) electrons. The van der Waals surface area contributed by atoms with E-state index >= 15 is 0 Å². The van der Waals surface area contributed by atoms with Crippen LogP contribution in [0.15, 0.2) is 35.5 Å². The molecule has 3 rings (SSSR count). The van der Waals surface area contributed by atoms with E-state index in [9.17, 15) is 18.0 Å². The predicted molar refractivity (Wildman–Crippen MR) is 101 cm³/mol. The van der Waals surface area contributed by atoms with E-state index < -0.39 is 11.7 Å². The highest BCUT2D eigenvalue weighted by Crippen LogP contribution is 2.33. The number of carbonyl (C=O) groups is 1. The number of benzene rings is 1. The Morgan fingerprint density at radius 2 is 2.11 bits per heavy atom. The lowest BCUT2D eigenvalue weighted by molar-refractivity contribution is -0.138. The number of aromatic nitrogens is 1. The Morgan fingerprint density at radius 3 is 2.81 bits per heavy atom. The van der Waals surface area contributed by atoms with Gasteiger partial charge in [-0.15, -0.1) is 0 Å². The van der Waals surface area contributed by atoms with Crippen molar-refractivity contribution in [2.24, 2.45) is 0 Å². The first-order valence-electron chi connectivity index (χ1n) is 8.89. The molecule has 144 valence electrons. The molecule has 1 amide bonds. The van der Waals surface area contributed by atoms with Crippen LogP contribution in [0, 0.1) is 6.92 Å². The summed E-state index contributed by atoms with van der Waals surface area (Å²) in [5.74, 6) is 0.109. The minimum atomic E-state index is -4.41. The van der Waals surface area contributed by atoms with E-state index in [1.807, 2.05) is 25.1 Å². The summed E-state index contributed by atoms with van der Waals surface area (Å²) < 4.78 is 38.6. The minimum Gasteiger partial charge on any atom is -0.311 e. The van der Waals surface area contributed by atoms with Crippen LogP contribution in [-0.4, -0.2) is 23.2 Å². The molecule has 7 heteroatoms. The highest BCUT2D eigenvalue weighted by atomic mass is 32.2. The maximum atomic E-state index is 12.9. The van der Waals surface area contributed by atoms with Gasteiger partial charge in [0, 0.05) is 18.4 Å². The van der Waals surface area contributed by atoms with Gasteiger partial charge in [-0.05, 0) is 48.9 Å². The summed E-state index contributed by atoms with van der Waals surface area (Å²) in [6.45, 7) is 4.44. The largest absolute Gasteiger partial charge is 0.417 e. The average Bonchev–Trinajstić information content (AvgIpc) is 2.65. The molecule has 0 atom stereocenters. The van der Waals surface area contributed by atoms with Crippen molar-refractivity contribution in [3.8, 4) is 0 Å². The van der Waals surface area contributed by atoms with E-state index in [4.69, 9.17) is 0 Å². The van der Waals surface area contributed by atoms with Crippen LogP contribution in [0.2, 0.25) is 0 Å². The number of thioether (sulfide) groups is 1. The average molecular weight is 394 g/mol. The summed E-state index contributed by atoms with van der Waals surface area (Å²) in [6, 6.07) is 7.16. The third kappa shape index (κ3) is 4.29. The number of halogens is 3. The predicted octanol–water partition coefficient (Wildman–Crippen LogP) is 5.04. The van der Waals surface area contributed by atoms with E-state index in [2.05, 4.69) is 4.98 Å². The van der Waals surface area contributed by atoms with Crippen molar-refractivity contribution in [2.75, 3.05) is 17.2 Å². The standard InChI is InChI=1S/C20H21F3N2OS/c1-3-14-10-16(20(21,22)23)11-24-19(14)27-12-17(26)25-9-5-8-15-7-4-6-13(2)18(15)25/h4,6-7,10-11H,3,5,8-9,12H2,1-2H3. The van der Waals surface area contributed by atoms with Crippen molar-refractivity contribution in [3.05, 3.63) is 52.7 Å². The Labute approximate surface area is 161 Å². The van der Waals surface area contributed by atoms with Gasteiger partial charge in [0.15, 0.2) is 0 Å². The second-order valence-corrected chi connectivity index (χ2v) is 7.52. The van der Waals surface area contributed by atoms with E-state index in [-0.39, 0.29) is 11.7 Å². The third-order valence-corrected chi connectivity index (χ3v) is 5.72. The summed E-state index contributed by atoms with van der Waals surface area (Å²) >= 11 is 1.20. The molecule has 0 bridgehead atoms. The first-order chi connectivity index (χ1) is 12.8. The van der Waals surface area contributed by atoms with E-state index in [1.54, 1.807) is 11.8 Å². The maximum Gasteiger partial charge on any atom is 0.417 e. The first kappa shape index (κ1) is 19.7. The molecule has 2 heterocycles. The molecule has 2 aromatic rings. The topological polar surface area (TPSA) is 33.2 Å². The van der Waals surface area contributed by atoms with Crippen LogP contribution in [0.4, 0.5) is 18.9 Å². The molecule has 3 nitrogen and oxygen atoms in total. The molecule has 27 heavy (non-hydrogen) atoms. The van der Waals surface area contributed by atoms with Gasteiger partial charge in [0.05, 0.1) is 16.3 Å². The summed E-state index contributed by atoms with van der Waals surface area (Å²) in [6.07, 6.45) is -1.28. The number of aryl methyl sites for hydroxylation is 3. The van der Waals surface area contributed by atoms with Gasteiger partial charge >= 0.3 is 6.18 Å². The number of pyridine rings is 1. The van der Waals surface area contributed by atoms with Crippen molar-refractivity contribution in [1.29, 1.82) is 0 Å². The van der Waals surface area contributed by atoms with Gasteiger partial charge in [-0.3, -0.25) is 4.79 Å². The molecule has 0 saturated heterocycles. The Balaban J connectivity index is 1.76. The van der Waals surface area contributed by atoms with Crippen LogP contribution in [-0.2, 0) is 23.8 Å². The fourth-order valence-electron chi connectivity index (χ4n) is 3.34. The van der Waals surface area contributed by atoms with Crippen molar-refractivity contribution in [2.45, 2.75) is 44.3 Å². The van der Waals surface area contributed by atoms with Crippen LogP contribution in [0.3, 0.4) is 0 Å². The SMILES string of the molecule is CCc1cc(C(F)(F)F)cnc1SCC(=O)N1CCCc2cccc(C)c21. The number of anilines is 1. The molecule has 0 spiro atoms. The number of alkyl halides is 3. The van der Waals surface area contributed by atoms with Gasteiger partial charge in [-0.2, -0.15) is 13.2 Å². The Hall–Kier alpha value is -2.02. The van der Waals surface area contributed by atoms with Crippen LogP contribution in [0.25, 0.3) is 0 Å². The first-order valence-corrected chi connectivity index (χ1v) is 9.87. The second-order valence-electron chi connectivity index (χ2n) is 6.56. The fourth-order valence-corrected chi connectivity index (χ4v) is 4.27. The van der Waals surface area contributed by atoms with Gasteiger partial charge in [-0.1, -0.05) is 36.9 Å². The Morgan fingerprint density at radius 1 is 1.33 bits per heavy atom. The molecule has 0 saturated carbocycles. The monoisotopic (exact) mass is 394 g/mol. The van der Waals surface area contributed by atoms with E-state index in [0.717, 1.165) is 36.4 Å². The van der Waals surface area contributed by atoms with Crippen LogP contribution in [0.1, 0.15) is 35.6 Å². The number of fused-ring (bicyclic) bond motifs is 1. The zero-order valence-corrected chi connectivity index (χ0v) is 16.1. The summed E-state index contributed by atoms with van der Waals surface area (Å²) in [5.41, 5.74) is 2.97. The normalized spacial score (nSPS) is 14.2. The van der Waals surface area contributed by atoms with Crippen LogP contribution >= 0.6 is 11.8 Å². The number of rotatable bonds is 4. The van der Waals surface area contributed by atoms with Crippen LogP contribution < -0.4 is 4.90 Å². The molecule has 0 fully saturated rings. The zero-order valence-electron chi connectivity index (χ0n) is 15.3. The second kappa shape index (κ2) is 7.92. The molecule has 0 N–H and O–H groups in total. The van der Waals surface area contributed by atoms with Gasteiger partial charge in [-0.25, -0.2) is 4.98 Å². The van der Waals surface area contributed by atoms with Gasteiger partial charge in [0.25, 0.3) is 0 Å². The smallest absolute Gasteiger partial charge is 0.311 e. The number of nitrogens with zero attached hydrogens (tertiary/aromatic N) is 2. The molecule has 1 aromatic heterocycles. The van der Waals surface area contributed by atoms with Crippen molar-refractivity contribution < 1.29 is 18.0 Å². The Kier molecular flexibility index (Phi) is 5.79. The highest BCUT2D eigenvalue weighted by Gasteiger charge is 2.31. The van der Waals surface area contributed by atoms with Gasteiger partial charge < -0.3 is 4.90 Å². The highest BCUT2D eigenvalue weighted by molar-refractivity contribution is 8.00. The van der Waals surface area contributed by atoms with Crippen LogP contribution in [0.5, 0.6) is 0 Å². The van der Waals surface area contributed by atoms with E-state index in [0.29, 0.717) is 23.6 Å². The number of amides is 1. The van der Waals surface area contributed by atoms with E-state index in [1.165, 1.54) is 17.3 Å². The van der Waals surface area contributed by atoms with Gasteiger partial charge in [0.1, 0.15) is 0 Å². The van der Waals surface area contributed by atoms with Crippen molar-refractivity contribution in [3.63, 3.8) is 0 Å². The fraction of sp³-hybridized carbons (Fsp3) is 0.400. The number of para-hydroxylation sites is 1. The molecular formula is C20H21F3N2OS. The Bertz CT molecular complexity index is 852. The maximum absolute atomic E-state index is 12.9. The number of carbonyl (C=O) groups excluding carboxylic acids is 1. The molecule has 1 aliphatic rings. The number of hydrogen-bond acceptors (Lipinski definition) is 3.